The predicted octanol–water partition coefficient (Wildman–Crippen LogP) is 2.35. The van der Waals surface area contributed by atoms with Crippen molar-refractivity contribution < 1.29 is 22.3 Å². The number of nitrogens with two attached hydrogens (primary N) is 1. The fraction of sp³-hybridized carbons (Fsp3) is 0.300. The Labute approximate surface area is 119 Å². The molecule has 0 aliphatic carbocycles. The maximum atomic E-state index is 13.5. The minimum absolute atomic E-state index is 0.457. The lowest BCUT2D eigenvalue weighted by Gasteiger charge is -2.12. The number of benzene rings is 1. The van der Waals surface area contributed by atoms with Gasteiger partial charge in [-0.3, -0.25) is 0 Å². The van der Waals surface area contributed by atoms with Crippen molar-refractivity contribution in [3.63, 3.8) is 0 Å². The highest BCUT2D eigenvalue weighted by molar-refractivity contribution is 7.89. The maximum absolute atomic E-state index is 13.5. The summed E-state index contributed by atoms with van der Waals surface area (Å²) in [5.74, 6) is -2.11. The van der Waals surface area contributed by atoms with Gasteiger partial charge in [-0.2, -0.15) is 0 Å². The molecular formula is C10H10Cl2FNO4S. The molecule has 5 nitrogen and oxygen atoms in total. The van der Waals surface area contributed by atoms with E-state index in [-0.39, 0.29) is 0 Å². The van der Waals surface area contributed by atoms with Gasteiger partial charge in [0.1, 0.15) is 10.7 Å². The molecular weight excluding hydrogens is 320 g/mol. The molecule has 1 aromatic rings. The molecule has 106 valence electrons. The summed E-state index contributed by atoms with van der Waals surface area (Å²) in [6.45, 7) is 3.14. The Hall–Kier alpha value is -0.890. The van der Waals surface area contributed by atoms with E-state index < -0.39 is 48.4 Å². The van der Waals surface area contributed by atoms with Crippen molar-refractivity contribution in [2.24, 2.45) is 5.14 Å². The molecule has 19 heavy (non-hydrogen) atoms. The third-order valence-electron chi connectivity index (χ3n) is 1.96. The van der Waals surface area contributed by atoms with E-state index in [2.05, 4.69) is 0 Å². The molecule has 0 amide bonds. The molecule has 0 aliphatic heterocycles. The summed E-state index contributed by atoms with van der Waals surface area (Å²) >= 11 is 11.2. The predicted molar refractivity (Wildman–Crippen MR) is 68.3 cm³/mol. The quantitative estimate of drug-likeness (QED) is 0.681. The fourth-order valence-corrected chi connectivity index (χ4v) is 3.03. The molecule has 9 heteroatoms. The van der Waals surface area contributed by atoms with Crippen LogP contribution in [0.4, 0.5) is 4.39 Å². The van der Waals surface area contributed by atoms with E-state index in [4.69, 9.17) is 33.1 Å². The zero-order chi connectivity index (χ0) is 15.0. The molecule has 2 N–H and O–H groups in total. The molecule has 0 spiro atoms. The minimum Gasteiger partial charge on any atom is -0.459 e. The van der Waals surface area contributed by atoms with Crippen LogP contribution in [0.5, 0.6) is 0 Å². The summed E-state index contributed by atoms with van der Waals surface area (Å²) in [5.41, 5.74) is -0.457. The van der Waals surface area contributed by atoms with E-state index in [0.29, 0.717) is 6.07 Å². The van der Waals surface area contributed by atoms with E-state index in [1.165, 1.54) is 0 Å². The second kappa shape index (κ2) is 5.62. The van der Waals surface area contributed by atoms with Gasteiger partial charge >= 0.3 is 5.97 Å². The van der Waals surface area contributed by atoms with E-state index in [0.717, 1.165) is 0 Å². The zero-order valence-corrected chi connectivity index (χ0v) is 12.2. The number of rotatable bonds is 3. The van der Waals surface area contributed by atoms with Gasteiger partial charge in [0.25, 0.3) is 0 Å². The molecule has 0 heterocycles. The lowest BCUT2D eigenvalue weighted by atomic mass is 10.2. The second-order valence-electron chi connectivity index (χ2n) is 3.86. The van der Waals surface area contributed by atoms with Gasteiger partial charge in [-0.25, -0.2) is 22.7 Å². The normalized spacial score (nSPS) is 11.7. The van der Waals surface area contributed by atoms with Crippen LogP contribution in [-0.2, 0) is 14.8 Å². The first kappa shape index (κ1) is 16.2. The number of sulfonamides is 1. The SMILES string of the molecule is CC(C)OC(=O)c1cc(F)c(Cl)c(S(N)(=O)=O)c1Cl. The molecule has 0 fully saturated rings. The smallest absolute Gasteiger partial charge is 0.340 e. The van der Waals surface area contributed by atoms with Gasteiger partial charge in [-0.05, 0) is 19.9 Å². The summed E-state index contributed by atoms with van der Waals surface area (Å²) in [6.07, 6.45) is -0.486. The van der Waals surface area contributed by atoms with Crippen molar-refractivity contribution in [3.05, 3.63) is 27.5 Å². The third-order valence-corrected chi connectivity index (χ3v) is 3.93. The Bertz CT molecular complexity index is 631. The summed E-state index contributed by atoms with van der Waals surface area (Å²) in [7, 11) is -4.38. The molecule has 1 aromatic carbocycles. The zero-order valence-electron chi connectivity index (χ0n) is 9.91. The van der Waals surface area contributed by atoms with Crippen molar-refractivity contribution >= 4 is 39.2 Å². The Morgan fingerprint density at radius 3 is 2.32 bits per heavy atom. The van der Waals surface area contributed by atoms with Crippen LogP contribution in [0, 0.1) is 5.82 Å². The second-order valence-corrected chi connectivity index (χ2v) is 6.12. The molecule has 0 bridgehead atoms. The lowest BCUT2D eigenvalue weighted by Crippen LogP contribution is -2.18. The monoisotopic (exact) mass is 329 g/mol. The molecule has 0 atom stereocenters. The van der Waals surface area contributed by atoms with Crippen molar-refractivity contribution in [2.75, 3.05) is 0 Å². The number of hydrogen-bond donors (Lipinski definition) is 1. The topological polar surface area (TPSA) is 86.5 Å². The van der Waals surface area contributed by atoms with Gasteiger partial charge in [0.15, 0.2) is 0 Å². The maximum Gasteiger partial charge on any atom is 0.340 e. The molecule has 0 aromatic heterocycles. The number of hydrogen-bond acceptors (Lipinski definition) is 4. The van der Waals surface area contributed by atoms with Gasteiger partial charge in [0.2, 0.25) is 10.0 Å². The van der Waals surface area contributed by atoms with Crippen molar-refractivity contribution in [1.82, 2.24) is 0 Å². The van der Waals surface area contributed by atoms with E-state index in [9.17, 15) is 17.6 Å². The van der Waals surface area contributed by atoms with Gasteiger partial charge < -0.3 is 4.74 Å². The van der Waals surface area contributed by atoms with Crippen LogP contribution in [0.2, 0.25) is 10.0 Å². The number of ether oxygens (including phenoxy) is 1. The molecule has 0 aliphatic rings. The van der Waals surface area contributed by atoms with Crippen molar-refractivity contribution in [2.45, 2.75) is 24.8 Å². The van der Waals surface area contributed by atoms with Gasteiger partial charge in [0.05, 0.1) is 21.7 Å². The van der Waals surface area contributed by atoms with Crippen LogP contribution >= 0.6 is 23.2 Å². The highest BCUT2D eigenvalue weighted by Crippen LogP contribution is 2.34. The largest absolute Gasteiger partial charge is 0.459 e. The number of halogens is 3. The molecule has 1 rings (SSSR count). The summed E-state index contributed by atoms with van der Waals surface area (Å²) in [4.78, 5) is 10.8. The van der Waals surface area contributed by atoms with Crippen LogP contribution in [0.15, 0.2) is 11.0 Å². The summed E-state index contributed by atoms with van der Waals surface area (Å²) in [5, 5.41) is 3.54. The average molecular weight is 330 g/mol. The Kier molecular flexibility index (Phi) is 4.78. The first-order chi connectivity index (χ1) is 8.55. The number of esters is 1. The standard InChI is InChI=1S/C10H10Cl2FNO4S/c1-4(2)18-10(15)5-3-6(13)8(12)9(7(5)11)19(14,16)17/h3-4H,1-2H3,(H2,14,16,17). The lowest BCUT2D eigenvalue weighted by molar-refractivity contribution is 0.0377. The number of primary sulfonamides is 1. The molecule has 0 saturated heterocycles. The van der Waals surface area contributed by atoms with Gasteiger partial charge in [-0.1, -0.05) is 23.2 Å². The Morgan fingerprint density at radius 2 is 1.89 bits per heavy atom. The van der Waals surface area contributed by atoms with E-state index >= 15 is 0 Å². The molecule has 0 saturated carbocycles. The third kappa shape index (κ3) is 3.56. The van der Waals surface area contributed by atoms with Gasteiger partial charge in [0, 0.05) is 0 Å². The van der Waals surface area contributed by atoms with Crippen molar-refractivity contribution in [3.8, 4) is 0 Å². The summed E-state index contributed by atoms with van der Waals surface area (Å²) in [6, 6.07) is 0.698. The first-order valence-corrected chi connectivity index (χ1v) is 7.27. The van der Waals surface area contributed by atoms with E-state index in [1.54, 1.807) is 13.8 Å². The van der Waals surface area contributed by atoms with Gasteiger partial charge in [-0.15, -0.1) is 0 Å². The fourth-order valence-electron chi connectivity index (χ4n) is 1.26. The molecule has 0 radical (unpaired) electrons. The van der Waals surface area contributed by atoms with E-state index in [1.807, 2.05) is 0 Å². The van der Waals surface area contributed by atoms with Crippen LogP contribution < -0.4 is 5.14 Å². The number of carbonyl (C=O) groups is 1. The van der Waals surface area contributed by atoms with Crippen LogP contribution in [-0.4, -0.2) is 20.5 Å². The average Bonchev–Trinajstić information content (AvgIpc) is 2.20. The Balaban J connectivity index is 3.54. The van der Waals surface area contributed by atoms with Crippen LogP contribution in [0.1, 0.15) is 24.2 Å². The van der Waals surface area contributed by atoms with Crippen LogP contribution in [0.3, 0.4) is 0 Å². The number of carbonyl (C=O) groups excluding carboxylic acids is 1. The first-order valence-electron chi connectivity index (χ1n) is 4.97. The van der Waals surface area contributed by atoms with Crippen LogP contribution in [0.25, 0.3) is 0 Å². The molecule has 0 unspecified atom stereocenters. The Morgan fingerprint density at radius 1 is 1.37 bits per heavy atom. The van der Waals surface area contributed by atoms with Crippen molar-refractivity contribution in [1.29, 1.82) is 0 Å². The highest BCUT2D eigenvalue weighted by Gasteiger charge is 2.27. The highest BCUT2D eigenvalue weighted by atomic mass is 35.5. The summed E-state index contributed by atoms with van der Waals surface area (Å²) < 4.78 is 41.0. The minimum atomic E-state index is -4.38.